The fourth-order valence-electron chi connectivity index (χ4n) is 1.96. The van der Waals surface area contributed by atoms with Crippen LogP contribution in [0.15, 0.2) is 4.90 Å². The molecule has 1 aliphatic rings. The van der Waals surface area contributed by atoms with Crippen LogP contribution in [0.3, 0.4) is 0 Å². The molecule has 0 aliphatic carbocycles. The Morgan fingerprint density at radius 3 is 2.67 bits per heavy atom. The number of thiophene rings is 1. The van der Waals surface area contributed by atoms with E-state index in [1.54, 1.807) is 23.1 Å². The molecule has 3 nitrogen and oxygen atoms in total. The van der Waals surface area contributed by atoms with Crippen LogP contribution in [0.2, 0.25) is 0 Å². The highest BCUT2D eigenvalue weighted by Crippen LogP contribution is 2.44. The van der Waals surface area contributed by atoms with E-state index in [9.17, 15) is 4.79 Å². The lowest BCUT2D eigenvalue weighted by Gasteiger charge is -2.27. The number of nitrogens with zero attached hydrogens (tertiary/aromatic N) is 1. The van der Waals surface area contributed by atoms with Crippen LogP contribution in [0.5, 0.6) is 0 Å². The van der Waals surface area contributed by atoms with Gasteiger partial charge in [0.15, 0.2) is 5.78 Å². The van der Waals surface area contributed by atoms with Gasteiger partial charge >= 0.3 is 0 Å². The highest BCUT2D eigenvalue weighted by Gasteiger charge is 2.24. The minimum atomic E-state index is 0.158. The smallest absolute Gasteiger partial charge is 0.174 e. The van der Waals surface area contributed by atoms with Gasteiger partial charge in [0.2, 0.25) is 0 Å². The highest BCUT2D eigenvalue weighted by molar-refractivity contribution is 7.99. The Hall–Kier alpha value is -0.330. The van der Waals surface area contributed by atoms with Gasteiger partial charge < -0.3 is 10.6 Å². The van der Waals surface area contributed by atoms with Crippen molar-refractivity contribution in [3.8, 4) is 0 Å². The van der Waals surface area contributed by atoms with Crippen LogP contribution in [0.25, 0.3) is 0 Å². The van der Waals surface area contributed by atoms with E-state index in [1.807, 2.05) is 24.9 Å². The van der Waals surface area contributed by atoms with Crippen LogP contribution in [-0.2, 0) is 0 Å². The number of rotatable bonds is 4. The standard InChI is InChI=1S/C12H18N2OS3/c1-3-8(15)10-9(13)11(16-2)12(18-10)14-4-6-17-7-5-14/h3-7,13H2,1-2H3. The molecule has 6 heteroatoms. The largest absolute Gasteiger partial charge is 0.396 e. The van der Waals surface area contributed by atoms with Gasteiger partial charge in [0, 0.05) is 31.0 Å². The lowest BCUT2D eigenvalue weighted by molar-refractivity contribution is 0.0992. The first-order chi connectivity index (χ1) is 8.69. The number of thioether (sulfide) groups is 2. The van der Waals surface area contributed by atoms with Gasteiger partial charge in [-0.1, -0.05) is 6.92 Å². The van der Waals surface area contributed by atoms with Crippen LogP contribution < -0.4 is 10.6 Å². The van der Waals surface area contributed by atoms with Crippen molar-refractivity contribution in [1.29, 1.82) is 0 Å². The van der Waals surface area contributed by atoms with E-state index in [-0.39, 0.29) is 5.78 Å². The summed E-state index contributed by atoms with van der Waals surface area (Å²) in [4.78, 5) is 16.1. The molecule has 1 aromatic heterocycles. The van der Waals surface area contributed by atoms with Gasteiger partial charge in [-0.15, -0.1) is 23.1 Å². The zero-order chi connectivity index (χ0) is 13.1. The zero-order valence-electron chi connectivity index (χ0n) is 10.7. The molecule has 0 bridgehead atoms. The Bertz CT molecular complexity index is 439. The van der Waals surface area contributed by atoms with Gasteiger partial charge in [-0.05, 0) is 6.26 Å². The predicted molar refractivity (Wildman–Crippen MR) is 84.7 cm³/mol. The third-order valence-electron chi connectivity index (χ3n) is 2.96. The Labute approximate surface area is 120 Å². The molecule has 1 fully saturated rings. The predicted octanol–water partition coefficient (Wildman–Crippen LogP) is 3.20. The van der Waals surface area contributed by atoms with Crippen LogP contribution in [0.4, 0.5) is 10.7 Å². The van der Waals surface area contributed by atoms with E-state index in [0.717, 1.165) is 34.4 Å². The first-order valence-corrected chi connectivity index (χ1v) is 9.20. The van der Waals surface area contributed by atoms with Crippen LogP contribution in [0, 0.1) is 0 Å². The van der Waals surface area contributed by atoms with Gasteiger partial charge in [-0.3, -0.25) is 4.79 Å². The summed E-state index contributed by atoms with van der Waals surface area (Å²) in [6.45, 7) is 3.99. The Morgan fingerprint density at radius 2 is 2.11 bits per heavy atom. The van der Waals surface area contributed by atoms with Crippen LogP contribution in [0.1, 0.15) is 23.0 Å². The molecule has 0 radical (unpaired) electrons. The lowest BCUT2D eigenvalue weighted by atomic mass is 10.2. The molecule has 0 saturated carbocycles. The number of carbonyl (C=O) groups is 1. The first kappa shape index (κ1) is 14.1. The molecular formula is C12H18N2OS3. The topological polar surface area (TPSA) is 46.3 Å². The third kappa shape index (κ3) is 2.65. The molecular weight excluding hydrogens is 284 g/mol. The number of anilines is 2. The van der Waals surface area contributed by atoms with E-state index in [0.29, 0.717) is 12.1 Å². The van der Waals surface area contributed by atoms with E-state index >= 15 is 0 Å². The SMILES string of the molecule is CCC(=O)c1sc(N2CCSCC2)c(SC)c1N. The van der Waals surface area contributed by atoms with Crippen LogP contribution in [-0.4, -0.2) is 36.6 Å². The molecule has 2 heterocycles. The molecule has 18 heavy (non-hydrogen) atoms. The second-order valence-electron chi connectivity index (χ2n) is 4.06. The molecule has 1 aliphatic heterocycles. The third-order valence-corrected chi connectivity index (χ3v) is 6.16. The van der Waals surface area contributed by atoms with Gasteiger partial charge in [0.25, 0.3) is 0 Å². The van der Waals surface area contributed by atoms with E-state index in [1.165, 1.54) is 5.00 Å². The van der Waals surface area contributed by atoms with Crippen molar-refractivity contribution in [3.05, 3.63) is 4.88 Å². The molecule has 2 N–H and O–H groups in total. The average molecular weight is 302 g/mol. The number of ketones is 1. The molecule has 100 valence electrons. The van der Waals surface area contributed by atoms with Crippen molar-refractivity contribution in [2.75, 3.05) is 41.5 Å². The lowest BCUT2D eigenvalue weighted by Crippen LogP contribution is -2.32. The summed E-state index contributed by atoms with van der Waals surface area (Å²) in [5.74, 6) is 2.47. The molecule has 1 aromatic rings. The van der Waals surface area contributed by atoms with Crippen molar-refractivity contribution >= 4 is 51.3 Å². The summed E-state index contributed by atoms with van der Waals surface area (Å²) in [6, 6.07) is 0. The van der Waals surface area contributed by atoms with Gasteiger partial charge in [-0.25, -0.2) is 0 Å². The fourth-order valence-corrected chi connectivity index (χ4v) is 5.10. The Kier molecular flexibility index (Phi) is 4.86. The molecule has 0 unspecified atom stereocenters. The van der Waals surface area contributed by atoms with E-state index in [2.05, 4.69) is 4.90 Å². The highest BCUT2D eigenvalue weighted by atomic mass is 32.2. The van der Waals surface area contributed by atoms with E-state index in [4.69, 9.17) is 5.73 Å². The van der Waals surface area contributed by atoms with Crippen molar-refractivity contribution in [1.82, 2.24) is 0 Å². The molecule has 0 aromatic carbocycles. The maximum absolute atomic E-state index is 11.9. The van der Waals surface area contributed by atoms with Crippen molar-refractivity contribution in [2.45, 2.75) is 18.2 Å². The van der Waals surface area contributed by atoms with Gasteiger partial charge in [-0.2, -0.15) is 11.8 Å². The maximum Gasteiger partial charge on any atom is 0.174 e. The quantitative estimate of drug-likeness (QED) is 0.683. The number of nitrogen functional groups attached to an aromatic ring is 1. The van der Waals surface area contributed by atoms with Crippen LogP contribution >= 0.6 is 34.9 Å². The minimum absolute atomic E-state index is 0.158. The summed E-state index contributed by atoms with van der Waals surface area (Å²) in [5.41, 5.74) is 6.82. The summed E-state index contributed by atoms with van der Waals surface area (Å²) in [6.07, 6.45) is 2.55. The second-order valence-corrected chi connectivity index (χ2v) is 7.10. The Morgan fingerprint density at radius 1 is 1.44 bits per heavy atom. The molecule has 0 spiro atoms. The minimum Gasteiger partial charge on any atom is -0.396 e. The molecule has 0 amide bonds. The average Bonchev–Trinajstić information content (AvgIpc) is 2.76. The summed E-state index contributed by atoms with van der Waals surface area (Å²) < 4.78 is 0. The zero-order valence-corrected chi connectivity index (χ0v) is 13.1. The van der Waals surface area contributed by atoms with Crippen molar-refractivity contribution in [2.24, 2.45) is 0 Å². The number of Topliss-reactive ketones (excluding diaryl/α,β-unsaturated/α-hetero) is 1. The summed E-state index contributed by atoms with van der Waals surface area (Å²) in [5, 5.41) is 1.19. The van der Waals surface area contributed by atoms with Crippen molar-refractivity contribution < 1.29 is 4.79 Å². The number of nitrogens with two attached hydrogens (primary N) is 1. The van der Waals surface area contributed by atoms with E-state index < -0.39 is 0 Å². The Balaban J connectivity index is 2.36. The monoisotopic (exact) mass is 302 g/mol. The normalized spacial score (nSPS) is 16.0. The van der Waals surface area contributed by atoms with Gasteiger partial charge in [0.1, 0.15) is 5.00 Å². The van der Waals surface area contributed by atoms with Crippen molar-refractivity contribution in [3.63, 3.8) is 0 Å². The fraction of sp³-hybridized carbons (Fsp3) is 0.583. The maximum atomic E-state index is 11.9. The molecule has 0 atom stereocenters. The second kappa shape index (κ2) is 6.21. The number of hydrogen-bond donors (Lipinski definition) is 1. The molecule has 1 saturated heterocycles. The number of hydrogen-bond acceptors (Lipinski definition) is 6. The summed E-state index contributed by atoms with van der Waals surface area (Å²) in [7, 11) is 0. The van der Waals surface area contributed by atoms with Gasteiger partial charge in [0.05, 0.1) is 15.5 Å². The summed E-state index contributed by atoms with van der Waals surface area (Å²) >= 11 is 5.21. The molecule has 2 rings (SSSR count). The first-order valence-electron chi connectivity index (χ1n) is 6.01. The number of carbonyl (C=O) groups excluding carboxylic acids is 1.